The average Bonchev–Trinajstić information content (AvgIpc) is 2.70. The van der Waals surface area contributed by atoms with Crippen molar-refractivity contribution in [1.29, 1.82) is 0 Å². The largest absolute Gasteiger partial charge is 0.465 e. The number of amides is 1. The Morgan fingerprint density at radius 2 is 2.05 bits per heavy atom. The summed E-state index contributed by atoms with van der Waals surface area (Å²) in [6, 6.07) is 3.88. The van der Waals surface area contributed by atoms with Gasteiger partial charge in [-0.15, -0.1) is 0 Å². The number of rotatable bonds is 7. The predicted molar refractivity (Wildman–Crippen MR) is 76.8 cm³/mol. The minimum Gasteiger partial charge on any atom is -0.465 e. The number of nitrogens with zero attached hydrogens (tertiary/aromatic N) is 2. The molecule has 0 aliphatic carbocycles. The zero-order chi connectivity index (χ0) is 14.4. The summed E-state index contributed by atoms with van der Waals surface area (Å²) < 4.78 is 5.51. The van der Waals surface area contributed by atoms with Gasteiger partial charge >= 0.3 is 0 Å². The van der Waals surface area contributed by atoms with Crippen LogP contribution >= 0.6 is 0 Å². The van der Waals surface area contributed by atoms with Crippen LogP contribution in [0.3, 0.4) is 0 Å². The number of hydrogen-bond acceptors (Lipinski definition) is 3. The van der Waals surface area contributed by atoms with Gasteiger partial charge in [-0.1, -0.05) is 12.2 Å². The Morgan fingerprint density at radius 1 is 1.37 bits per heavy atom. The predicted octanol–water partition coefficient (Wildman–Crippen LogP) is 2.44. The first kappa shape index (κ1) is 15.5. The van der Waals surface area contributed by atoms with Gasteiger partial charge in [-0.3, -0.25) is 9.69 Å². The number of carbonyl (C=O) groups is 1. The first-order valence-electron chi connectivity index (χ1n) is 6.58. The van der Waals surface area contributed by atoms with E-state index in [0.717, 1.165) is 17.1 Å². The van der Waals surface area contributed by atoms with Crippen LogP contribution in [0.2, 0.25) is 0 Å². The number of furan rings is 1. The maximum absolute atomic E-state index is 12.1. The molecule has 1 aromatic rings. The average molecular weight is 264 g/mol. The van der Waals surface area contributed by atoms with Crippen LogP contribution in [0.15, 0.2) is 28.7 Å². The molecule has 106 valence electrons. The molecule has 0 saturated carbocycles. The second-order valence-electron chi connectivity index (χ2n) is 5.05. The van der Waals surface area contributed by atoms with E-state index in [1.165, 1.54) is 0 Å². The zero-order valence-corrected chi connectivity index (χ0v) is 12.4. The Balaban J connectivity index is 2.48. The summed E-state index contributed by atoms with van der Waals surface area (Å²) in [6.07, 6.45) is 0. The van der Waals surface area contributed by atoms with Crippen LogP contribution in [0, 0.1) is 6.92 Å². The normalized spacial score (nSPS) is 10.8. The van der Waals surface area contributed by atoms with Gasteiger partial charge in [0.05, 0.1) is 13.1 Å². The molecule has 0 aliphatic rings. The van der Waals surface area contributed by atoms with Crippen LogP contribution in [0.4, 0.5) is 0 Å². The van der Waals surface area contributed by atoms with Crippen molar-refractivity contribution in [2.45, 2.75) is 27.3 Å². The molecule has 0 radical (unpaired) electrons. The van der Waals surface area contributed by atoms with E-state index in [1.807, 2.05) is 49.8 Å². The standard InChI is InChI=1S/C15H24N2O2/c1-6-17(9-12(2)3)15(18)11-16(5)10-14-8-7-13(4)19-14/h7-8H,2,6,9-11H2,1,3-5H3. The van der Waals surface area contributed by atoms with Crippen LogP contribution < -0.4 is 0 Å². The second kappa shape index (κ2) is 7.14. The fraction of sp³-hybridized carbons (Fsp3) is 0.533. The third-order valence-electron chi connectivity index (χ3n) is 2.82. The smallest absolute Gasteiger partial charge is 0.237 e. The molecule has 4 nitrogen and oxygen atoms in total. The molecule has 1 amide bonds. The molecule has 0 fully saturated rings. The molecule has 1 heterocycles. The van der Waals surface area contributed by atoms with Crippen LogP contribution in [0.25, 0.3) is 0 Å². The lowest BCUT2D eigenvalue weighted by Crippen LogP contribution is -2.39. The highest BCUT2D eigenvalue weighted by Gasteiger charge is 2.14. The van der Waals surface area contributed by atoms with Crippen molar-refractivity contribution in [3.8, 4) is 0 Å². The van der Waals surface area contributed by atoms with Gasteiger partial charge in [-0.25, -0.2) is 0 Å². The molecule has 0 aliphatic heterocycles. The summed E-state index contributed by atoms with van der Waals surface area (Å²) in [4.78, 5) is 15.9. The molecule has 0 saturated heterocycles. The molecule has 0 atom stereocenters. The highest BCUT2D eigenvalue weighted by molar-refractivity contribution is 5.78. The van der Waals surface area contributed by atoms with Gasteiger partial charge in [-0.2, -0.15) is 0 Å². The number of likely N-dealkylation sites (N-methyl/N-ethyl adjacent to an activating group) is 2. The van der Waals surface area contributed by atoms with Gasteiger partial charge in [0.25, 0.3) is 0 Å². The molecule has 0 spiro atoms. The third-order valence-corrected chi connectivity index (χ3v) is 2.82. The van der Waals surface area contributed by atoms with Crippen LogP contribution in [0.1, 0.15) is 25.4 Å². The van der Waals surface area contributed by atoms with E-state index in [-0.39, 0.29) is 5.91 Å². The van der Waals surface area contributed by atoms with Crippen LogP contribution in [-0.4, -0.2) is 42.4 Å². The molecule has 0 N–H and O–H groups in total. The summed E-state index contributed by atoms with van der Waals surface area (Å²) in [7, 11) is 1.92. The van der Waals surface area contributed by atoms with Gasteiger partial charge in [0.1, 0.15) is 11.5 Å². The van der Waals surface area contributed by atoms with Gasteiger partial charge < -0.3 is 9.32 Å². The lowest BCUT2D eigenvalue weighted by atomic mass is 10.3. The number of aryl methyl sites for hydroxylation is 1. The Morgan fingerprint density at radius 3 is 2.53 bits per heavy atom. The summed E-state index contributed by atoms with van der Waals surface area (Å²) >= 11 is 0. The Bertz CT molecular complexity index is 437. The van der Waals surface area contributed by atoms with E-state index < -0.39 is 0 Å². The first-order chi connectivity index (χ1) is 8.92. The van der Waals surface area contributed by atoms with Crippen molar-refractivity contribution in [3.63, 3.8) is 0 Å². The van der Waals surface area contributed by atoms with Gasteiger partial charge in [0.15, 0.2) is 0 Å². The highest BCUT2D eigenvalue weighted by atomic mass is 16.3. The van der Waals surface area contributed by atoms with E-state index in [9.17, 15) is 4.79 Å². The summed E-state index contributed by atoms with van der Waals surface area (Å²) in [5.41, 5.74) is 1.000. The maximum Gasteiger partial charge on any atom is 0.237 e. The molecule has 0 aromatic carbocycles. The van der Waals surface area contributed by atoms with Crippen molar-refractivity contribution in [1.82, 2.24) is 9.80 Å². The minimum absolute atomic E-state index is 0.122. The van der Waals surface area contributed by atoms with E-state index >= 15 is 0 Å². The molecule has 1 aromatic heterocycles. The van der Waals surface area contributed by atoms with E-state index in [1.54, 1.807) is 0 Å². The molecule has 4 heteroatoms. The molecular formula is C15H24N2O2. The third kappa shape index (κ3) is 5.30. The van der Waals surface area contributed by atoms with Gasteiger partial charge in [0.2, 0.25) is 5.91 Å². The van der Waals surface area contributed by atoms with Crippen molar-refractivity contribution >= 4 is 5.91 Å². The van der Waals surface area contributed by atoms with E-state index in [0.29, 0.717) is 26.2 Å². The van der Waals surface area contributed by atoms with Crippen molar-refractivity contribution in [3.05, 3.63) is 35.8 Å². The molecule has 0 bridgehead atoms. The van der Waals surface area contributed by atoms with Crippen LogP contribution in [-0.2, 0) is 11.3 Å². The van der Waals surface area contributed by atoms with E-state index in [2.05, 4.69) is 6.58 Å². The fourth-order valence-electron chi connectivity index (χ4n) is 1.93. The lowest BCUT2D eigenvalue weighted by Gasteiger charge is -2.24. The van der Waals surface area contributed by atoms with Crippen molar-refractivity contribution in [2.75, 3.05) is 26.7 Å². The summed E-state index contributed by atoms with van der Waals surface area (Å²) in [6.45, 7) is 12.1. The minimum atomic E-state index is 0.122. The molecule has 1 rings (SSSR count). The monoisotopic (exact) mass is 264 g/mol. The summed E-state index contributed by atoms with van der Waals surface area (Å²) in [5, 5.41) is 0. The Hall–Kier alpha value is -1.55. The Labute approximate surface area is 115 Å². The lowest BCUT2D eigenvalue weighted by molar-refractivity contribution is -0.131. The molecule has 19 heavy (non-hydrogen) atoms. The quantitative estimate of drug-likeness (QED) is 0.710. The first-order valence-corrected chi connectivity index (χ1v) is 6.58. The second-order valence-corrected chi connectivity index (χ2v) is 5.05. The number of hydrogen-bond donors (Lipinski definition) is 0. The van der Waals surface area contributed by atoms with Crippen LogP contribution in [0.5, 0.6) is 0 Å². The molecular weight excluding hydrogens is 240 g/mol. The Kier molecular flexibility index (Phi) is 5.83. The number of carbonyl (C=O) groups excluding carboxylic acids is 1. The zero-order valence-electron chi connectivity index (χ0n) is 12.4. The fourth-order valence-corrected chi connectivity index (χ4v) is 1.93. The molecule has 0 unspecified atom stereocenters. The van der Waals surface area contributed by atoms with E-state index in [4.69, 9.17) is 4.42 Å². The van der Waals surface area contributed by atoms with Gasteiger partial charge in [0, 0.05) is 13.1 Å². The summed E-state index contributed by atoms with van der Waals surface area (Å²) in [5.74, 6) is 1.90. The maximum atomic E-state index is 12.1. The van der Waals surface area contributed by atoms with Crippen molar-refractivity contribution in [2.24, 2.45) is 0 Å². The SMILES string of the molecule is C=C(C)CN(CC)C(=O)CN(C)Cc1ccc(C)o1. The van der Waals surface area contributed by atoms with Gasteiger partial charge in [-0.05, 0) is 40.0 Å². The van der Waals surface area contributed by atoms with Crippen molar-refractivity contribution < 1.29 is 9.21 Å². The highest BCUT2D eigenvalue weighted by Crippen LogP contribution is 2.08. The topological polar surface area (TPSA) is 36.7 Å².